The van der Waals surface area contributed by atoms with Crippen LogP contribution in [-0.2, 0) is 9.47 Å². The molecule has 1 saturated heterocycles. The van der Waals surface area contributed by atoms with Crippen LogP contribution < -0.4 is 4.74 Å². The number of rotatable bonds is 3. The Morgan fingerprint density at radius 2 is 2.06 bits per heavy atom. The summed E-state index contributed by atoms with van der Waals surface area (Å²) in [4.78, 5) is 0. The number of halogens is 1. The summed E-state index contributed by atoms with van der Waals surface area (Å²) in [6.07, 6.45) is 0. The van der Waals surface area contributed by atoms with Crippen LogP contribution in [0.2, 0.25) is 0 Å². The van der Waals surface area contributed by atoms with E-state index in [1.807, 2.05) is 24.3 Å². The van der Waals surface area contributed by atoms with E-state index >= 15 is 0 Å². The lowest BCUT2D eigenvalue weighted by molar-refractivity contribution is -0.279. The average Bonchev–Trinajstić information content (AvgIpc) is 2.29. The minimum atomic E-state index is -1.33. The molecule has 16 heavy (non-hydrogen) atoms. The van der Waals surface area contributed by atoms with Crippen LogP contribution in [0.1, 0.15) is 0 Å². The Morgan fingerprint density at radius 1 is 1.31 bits per heavy atom. The summed E-state index contributed by atoms with van der Waals surface area (Å²) in [5.74, 6) is -0.642. The molecule has 0 aliphatic carbocycles. The summed E-state index contributed by atoms with van der Waals surface area (Å²) >= 11 is 3.33. The van der Waals surface area contributed by atoms with Gasteiger partial charge in [0.2, 0.25) is 5.79 Å². The first-order chi connectivity index (χ1) is 7.68. The van der Waals surface area contributed by atoms with E-state index in [0.717, 1.165) is 4.47 Å². The fourth-order valence-electron chi connectivity index (χ4n) is 1.37. The number of aliphatic hydroxyl groups is 1. The van der Waals surface area contributed by atoms with Crippen LogP contribution in [0.5, 0.6) is 5.75 Å². The Hall–Kier alpha value is -0.620. The van der Waals surface area contributed by atoms with Gasteiger partial charge in [0.15, 0.2) is 0 Å². The van der Waals surface area contributed by atoms with Gasteiger partial charge in [-0.15, -0.1) is 0 Å². The molecule has 0 radical (unpaired) electrons. The zero-order valence-electron chi connectivity index (χ0n) is 8.69. The van der Waals surface area contributed by atoms with Gasteiger partial charge in [-0.3, -0.25) is 0 Å². The van der Waals surface area contributed by atoms with Gasteiger partial charge in [-0.1, -0.05) is 15.9 Å². The minimum absolute atomic E-state index is 0.0641. The number of benzene rings is 1. The summed E-state index contributed by atoms with van der Waals surface area (Å²) < 4.78 is 16.7. The van der Waals surface area contributed by atoms with E-state index in [9.17, 15) is 5.11 Å². The molecule has 0 saturated carbocycles. The molecule has 1 N–H and O–H groups in total. The van der Waals surface area contributed by atoms with Crippen molar-refractivity contribution in [1.29, 1.82) is 0 Å². The van der Waals surface area contributed by atoms with Gasteiger partial charge in [-0.2, -0.15) is 0 Å². The Bertz CT molecular complexity index is 332. The van der Waals surface area contributed by atoms with Crippen LogP contribution in [0.3, 0.4) is 0 Å². The molecule has 0 aromatic heterocycles. The molecule has 1 unspecified atom stereocenters. The highest BCUT2D eigenvalue weighted by Gasteiger charge is 2.32. The normalized spacial score (nSPS) is 25.4. The molecule has 0 spiro atoms. The van der Waals surface area contributed by atoms with Crippen LogP contribution >= 0.6 is 15.9 Å². The summed E-state index contributed by atoms with van der Waals surface area (Å²) in [6, 6.07) is 7.38. The minimum Gasteiger partial charge on any atom is -0.488 e. The summed E-state index contributed by atoms with van der Waals surface area (Å²) in [7, 11) is 0. The lowest BCUT2D eigenvalue weighted by atomic mass is 10.3. The monoisotopic (exact) mass is 288 g/mol. The fourth-order valence-corrected chi connectivity index (χ4v) is 1.64. The zero-order valence-corrected chi connectivity index (χ0v) is 10.3. The number of ether oxygens (including phenoxy) is 3. The van der Waals surface area contributed by atoms with Crippen molar-refractivity contribution in [3.8, 4) is 5.75 Å². The molecule has 0 amide bonds. The molecular formula is C11H13BrO4. The molecule has 1 atom stereocenters. The van der Waals surface area contributed by atoms with Crippen molar-refractivity contribution >= 4 is 15.9 Å². The maximum absolute atomic E-state index is 9.91. The first kappa shape index (κ1) is 11.9. The smallest absolute Gasteiger partial charge is 0.224 e. The van der Waals surface area contributed by atoms with Crippen molar-refractivity contribution < 1.29 is 19.3 Å². The van der Waals surface area contributed by atoms with Gasteiger partial charge in [-0.05, 0) is 24.3 Å². The van der Waals surface area contributed by atoms with E-state index in [1.54, 1.807) is 0 Å². The maximum Gasteiger partial charge on any atom is 0.224 e. The van der Waals surface area contributed by atoms with E-state index in [1.165, 1.54) is 0 Å². The second-order valence-corrected chi connectivity index (χ2v) is 4.51. The van der Waals surface area contributed by atoms with Gasteiger partial charge < -0.3 is 19.3 Å². The van der Waals surface area contributed by atoms with E-state index in [2.05, 4.69) is 15.9 Å². The SMILES string of the molecule is OC1(COc2ccc(Br)cc2)COCCO1. The molecule has 1 fully saturated rings. The Kier molecular flexibility index (Phi) is 3.81. The lowest BCUT2D eigenvalue weighted by Crippen LogP contribution is -2.47. The van der Waals surface area contributed by atoms with E-state index in [0.29, 0.717) is 19.0 Å². The third kappa shape index (κ3) is 3.18. The Balaban J connectivity index is 1.88. The van der Waals surface area contributed by atoms with Gasteiger partial charge >= 0.3 is 0 Å². The van der Waals surface area contributed by atoms with Gasteiger partial charge in [0.25, 0.3) is 0 Å². The first-order valence-corrected chi connectivity index (χ1v) is 5.80. The van der Waals surface area contributed by atoms with Crippen molar-refractivity contribution in [3.63, 3.8) is 0 Å². The zero-order chi connectivity index (χ0) is 11.4. The molecule has 1 aromatic rings. The van der Waals surface area contributed by atoms with Crippen LogP contribution in [0.15, 0.2) is 28.7 Å². The summed E-state index contributed by atoms with van der Waals surface area (Å²) in [5.41, 5.74) is 0. The van der Waals surface area contributed by atoms with Crippen molar-refractivity contribution in [2.75, 3.05) is 26.4 Å². The van der Waals surface area contributed by atoms with Gasteiger partial charge in [0, 0.05) is 4.47 Å². The maximum atomic E-state index is 9.91. The van der Waals surface area contributed by atoms with Gasteiger partial charge in [-0.25, -0.2) is 0 Å². The summed E-state index contributed by atoms with van der Waals surface area (Å²) in [6.45, 7) is 1.11. The highest BCUT2D eigenvalue weighted by molar-refractivity contribution is 9.10. The van der Waals surface area contributed by atoms with Crippen LogP contribution in [-0.4, -0.2) is 37.3 Å². The van der Waals surface area contributed by atoms with Crippen molar-refractivity contribution in [1.82, 2.24) is 0 Å². The van der Waals surface area contributed by atoms with Crippen molar-refractivity contribution in [2.45, 2.75) is 5.79 Å². The highest BCUT2D eigenvalue weighted by Crippen LogP contribution is 2.19. The second kappa shape index (κ2) is 5.14. The second-order valence-electron chi connectivity index (χ2n) is 3.59. The molecule has 2 rings (SSSR count). The van der Waals surface area contributed by atoms with E-state index < -0.39 is 5.79 Å². The largest absolute Gasteiger partial charge is 0.488 e. The third-order valence-electron chi connectivity index (χ3n) is 2.20. The fraction of sp³-hybridized carbons (Fsp3) is 0.455. The summed E-state index contributed by atoms with van der Waals surface area (Å²) in [5, 5.41) is 9.91. The molecule has 0 bridgehead atoms. The van der Waals surface area contributed by atoms with E-state index in [-0.39, 0.29) is 13.2 Å². The quantitative estimate of drug-likeness (QED) is 0.917. The number of hydrogen-bond acceptors (Lipinski definition) is 4. The Labute approximate surface area is 102 Å². The first-order valence-electron chi connectivity index (χ1n) is 5.00. The molecule has 1 aliphatic rings. The van der Waals surface area contributed by atoms with Crippen LogP contribution in [0, 0.1) is 0 Å². The van der Waals surface area contributed by atoms with Gasteiger partial charge in [0.1, 0.15) is 19.0 Å². The number of hydrogen-bond donors (Lipinski definition) is 1. The Morgan fingerprint density at radius 3 is 2.69 bits per heavy atom. The molecule has 1 heterocycles. The average molecular weight is 289 g/mol. The van der Waals surface area contributed by atoms with Crippen LogP contribution in [0.4, 0.5) is 0 Å². The molecule has 88 valence electrons. The van der Waals surface area contributed by atoms with Crippen molar-refractivity contribution in [2.24, 2.45) is 0 Å². The predicted octanol–water partition coefficient (Wildman–Crippen LogP) is 1.56. The highest BCUT2D eigenvalue weighted by atomic mass is 79.9. The standard InChI is InChI=1S/C11H13BrO4/c12-9-1-3-10(4-2-9)15-8-11(13)7-14-5-6-16-11/h1-4,13H,5-8H2. The third-order valence-corrected chi connectivity index (χ3v) is 2.73. The van der Waals surface area contributed by atoms with Gasteiger partial charge in [0.05, 0.1) is 13.2 Å². The molecule has 4 nitrogen and oxygen atoms in total. The molecule has 5 heteroatoms. The topological polar surface area (TPSA) is 47.9 Å². The van der Waals surface area contributed by atoms with E-state index in [4.69, 9.17) is 14.2 Å². The van der Waals surface area contributed by atoms with Crippen LogP contribution in [0.25, 0.3) is 0 Å². The molecular weight excluding hydrogens is 276 g/mol. The molecule has 1 aliphatic heterocycles. The van der Waals surface area contributed by atoms with Crippen molar-refractivity contribution in [3.05, 3.63) is 28.7 Å². The lowest BCUT2D eigenvalue weighted by Gasteiger charge is -2.31. The molecule has 1 aromatic carbocycles. The predicted molar refractivity (Wildman–Crippen MR) is 61.4 cm³/mol.